The monoisotopic (exact) mass is 237 g/mol. The minimum absolute atomic E-state index is 0.196. The van der Waals surface area contributed by atoms with Gasteiger partial charge >= 0.3 is 6.18 Å². The van der Waals surface area contributed by atoms with E-state index in [1.807, 2.05) is 11.2 Å². The smallest absolute Gasteiger partial charge is 0.273 e. The van der Waals surface area contributed by atoms with Crippen molar-refractivity contribution in [1.29, 1.82) is 5.26 Å². The van der Waals surface area contributed by atoms with E-state index in [4.69, 9.17) is 5.26 Å². The summed E-state index contributed by atoms with van der Waals surface area (Å²) >= 11 is 0. The van der Waals surface area contributed by atoms with Crippen LogP contribution in [-0.4, -0.2) is 10.2 Å². The Morgan fingerprint density at radius 3 is 2.29 bits per heavy atom. The zero-order valence-corrected chi connectivity index (χ0v) is 8.42. The van der Waals surface area contributed by atoms with Crippen molar-refractivity contribution in [2.24, 2.45) is 0 Å². The van der Waals surface area contributed by atoms with E-state index in [0.717, 1.165) is 6.07 Å². The second kappa shape index (κ2) is 3.94. The van der Waals surface area contributed by atoms with E-state index in [-0.39, 0.29) is 5.69 Å². The van der Waals surface area contributed by atoms with Gasteiger partial charge in [0.15, 0.2) is 0 Å². The first kappa shape index (κ1) is 11.2. The van der Waals surface area contributed by atoms with Crippen LogP contribution in [0.25, 0.3) is 11.3 Å². The lowest BCUT2D eigenvalue weighted by molar-refractivity contribution is -0.141. The number of hydrogen-bond donors (Lipinski definition) is 1. The Balaban J connectivity index is 2.34. The maximum atomic E-state index is 12.3. The summed E-state index contributed by atoms with van der Waals surface area (Å²) in [5, 5.41) is 14.1. The average Bonchev–Trinajstić information content (AvgIpc) is 2.78. The second-order valence-electron chi connectivity index (χ2n) is 3.35. The van der Waals surface area contributed by atoms with Crippen molar-refractivity contribution in [3.8, 4) is 17.3 Å². The number of hydrogen-bond acceptors (Lipinski definition) is 2. The van der Waals surface area contributed by atoms with Crippen LogP contribution in [0.4, 0.5) is 13.2 Å². The van der Waals surface area contributed by atoms with Crippen molar-refractivity contribution in [2.75, 3.05) is 0 Å². The molecule has 0 spiro atoms. The topological polar surface area (TPSA) is 52.5 Å². The zero-order chi connectivity index (χ0) is 12.5. The molecule has 0 unspecified atom stereocenters. The van der Waals surface area contributed by atoms with Crippen molar-refractivity contribution in [2.45, 2.75) is 6.18 Å². The van der Waals surface area contributed by atoms with Crippen LogP contribution in [0.15, 0.2) is 30.3 Å². The predicted octanol–water partition coefficient (Wildman–Crippen LogP) is 2.97. The molecule has 1 aromatic heterocycles. The highest BCUT2D eigenvalue weighted by molar-refractivity contribution is 5.60. The van der Waals surface area contributed by atoms with Crippen LogP contribution in [0.3, 0.4) is 0 Å². The van der Waals surface area contributed by atoms with Crippen LogP contribution in [0.2, 0.25) is 0 Å². The summed E-state index contributed by atoms with van der Waals surface area (Å²) in [6, 6.07) is 9.01. The van der Waals surface area contributed by atoms with Crippen molar-refractivity contribution in [1.82, 2.24) is 10.2 Å². The van der Waals surface area contributed by atoms with E-state index in [9.17, 15) is 13.2 Å². The normalized spacial score (nSPS) is 11.2. The van der Waals surface area contributed by atoms with Gasteiger partial charge in [0.2, 0.25) is 0 Å². The van der Waals surface area contributed by atoms with Crippen LogP contribution in [0, 0.1) is 11.3 Å². The molecule has 0 fully saturated rings. The van der Waals surface area contributed by atoms with Gasteiger partial charge in [-0.15, -0.1) is 0 Å². The number of nitrogens with one attached hydrogen (secondary N) is 1. The quantitative estimate of drug-likeness (QED) is 0.828. The number of nitriles is 1. The average molecular weight is 237 g/mol. The van der Waals surface area contributed by atoms with Crippen LogP contribution in [0.1, 0.15) is 11.3 Å². The molecule has 0 atom stereocenters. The Kier molecular flexibility index (Phi) is 2.60. The lowest BCUT2D eigenvalue weighted by Crippen LogP contribution is -2.04. The molecule has 0 amide bonds. The van der Waals surface area contributed by atoms with Gasteiger partial charge in [-0.1, -0.05) is 12.1 Å². The zero-order valence-electron chi connectivity index (χ0n) is 8.42. The van der Waals surface area contributed by atoms with Crippen molar-refractivity contribution in [3.05, 3.63) is 41.6 Å². The third kappa shape index (κ3) is 2.28. The van der Waals surface area contributed by atoms with Gasteiger partial charge in [-0.25, -0.2) is 0 Å². The Morgan fingerprint density at radius 2 is 1.82 bits per heavy atom. The van der Waals surface area contributed by atoms with Gasteiger partial charge in [0.1, 0.15) is 5.69 Å². The van der Waals surface area contributed by atoms with E-state index in [2.05, 4.69) is 5.10 Å². The number of halogens is 3. The molecule has 0 bridgehead atoms. The standard InChI is InChI=1S/C11H6F3N3/c12-11(13,14)10-5-9(16-17-10)8-3-1-7(6-15)2-4-8/h1-5H,(H,16,17). The molecular formula is C11H6F3N3. The largest absolute Gasteiger partial charge is 0.432 e. The number of nitrogens with zero attached hydrogens (tertiary/aromatic N) is 2. The minimum Gasteiger partial charge on any atom is -0.273 e. The minimum atomic E-state index is -4.43. The van der Waals surface area contributed by atoms with E-state index in [0.29, 0.717) is 11.1 Å². The molecule has 0 saturated carbocycles. The molecule has 2 aromatic rings. The molecule has 3 nitrogen and oxygen atoms in total. The van der Waals surface area contributed by atoms with Crippen LogP contribution in [0.5, 0.6) is 0 Å². The molecule has 0 radical (unpaired) electrons. The number of aromatic nitrogens is 2. The summed E-state index contributed by atoms with van der Waals surface area (Å²) in [5.41, 5.74) is 0.273. The lowest BCUT2D eigenvalue weighted by atomic mass is 10.1. The fourth-order valence-electron chi connectivity index (χ4n) is 1.33. The first-order valence-electron chi connectivity index (χ1n) is 4.64. The SMILES string of the molecule is N#Cc1ccc(-c2cc(C(F)(F)F)[nH]n2)cc1. The van der Waals surface area contributed by atoms with Crippen LogP contribution >= 0.6 is 0 Å². The number of rotatable bonds is 1. The van der Waals surface area contributed by atoms with Gasteiger partial charge in [-0.3, -0.25) is 5.10 Å². The molecule has 6 heteroatoms. The van der Waals surface area contributed by atoms with E-state index in [1.54, 1.807) is 12.1 Å². The Bertz CT molecular complexity index is 561. The van der Waals surface area contributed by atoms with E-state index < -0.39 is 11.9 Å². The molecule has 0 aliphatic heterocycles. The van der Waals surface area contributed by atoms with Gasteiger partial charge in [0.05, 0.1) is 17.3 Å². The highest BCUT2D eigenvalue weighted by Crippen LogP contribution is 2.30. The number of H-pyrrole nitrogens is 1. The summed E-state index contributed by atoms with van der Waals surface area (Å²) in [5.74, 6) is 0. The molecular weight excluding hydrogens is 231 g/mol. The number of alkyl halides is 3. The predicted molar refractivity (Wildman–Crippen MR) is 53.7 cm³/mol. The van der Waals surface area contributed by atoms with Crippen molar-refractivity contribution >= 4 is 0 Å². The summed E-state index contributed by atoms with van der Waals surface area (Å²) in [6.07, 6.45) is -4.43. The Labute approximate surface area is 94.5 Å². The highest BCUT2D eigenvalue weighted by Gasteiger charge is 2.33. The van der Waals surface area contributed by atoms with Gasteiger partial charge in [-0.05, 0) is 18.2 Å². The second-order valence-corrected chi connectivity index (χ2v) is 3.35. The first-order valence-corrected chi connectivity index (χ1v) is 4.64. The third-order valence-electron chi connectivity index (χ3n) is 2.19. The van der Waals surface area contributed by atoms with Crippen molar-refractivity contribution in [3.63, 3.8) is 0 Å². The number of benzene rings is 1. The van der Waals surface area contributed by atoms with Crippen molar-refractivity contribution < 1.29 is 13.2 Å². The van der Waals surface area contributed by atoms with Gasteiger partial charge in [-0.2, -0.15) is 23.5 Å². The molecule has 1 heterocycles. The lowest BCUT2D eigenvalue weighted by Gasteiger charge is -1.99. The van der Waals surface area contributed by atoms with E-state index in [1.165, 1.54) is 12.1 Å². The molecule has 1 N–H and O–H groups in total. The summed E-state index contributed by atoms with van der Waals surface area (Å²) < 4.78 is 37.0. The van der Waals surface area contributed by atoms with Gasteiger partial charge in [0, 0.05) is 5.56 Å². The fraction of sp³-hybridized carbons (Fsp3) is 0.0909. The summed E-state index contributed by atoms with van der Waals surface area (Å²) in [6.45, 7) is 0. The molecule has 0 saturated heterocycles. The maximum Gasteiger partial charge on any atom is 0.432 e. The van der Waals surface area contributed by atoms with Crippen LogP contribution in [-0.2, 0) is 6.18 Å². The van der Waals surface area contributed by atoms with E-state index >= 15 is 0 Å². The Morgan fingerprint density at radius 1 is 1.18 bits per heavy atom. The molecule has 86 valence electrons. The van der Waals surface area contributed by atoms with Gasteiger partial charge in [0.25, 0.3) is 0 Å². The third-order valence-corrected chi connectivity index (χ3v) is 2.19. The highest BCUT2D eigenvalue weighted by atomic mass is 19.4. The van der Waals surface area contributed by atoms with Crippen LogP contribution < -0.4 is 0 Å². The maximum absolute atomic E-state index is 12.3. The summed E-state index contributed by atoms with van der Waals surface area (Å²) in [7, 11) is 0. The Hall–Kier alpha value is -2.29. The fourth-order valence-corrected chi connectivity index (χ4v) is 1.33. The molecule has 2 rings (SSSR count). The molecule has 0 aliphatic rings. The van der Waals surface area contributed by atoms with Gasteiger partial charge < -0.3 is 0 Å². The summed E-state index contributed by atoms with van der Waals surface area (Å²) in [4.78, 5) is 0. The molecule has 0 aliphatic carbocycles. The first-order chi connectivity index (χ1) is 8.00. The molecule has 17 heavy (non-hydrogen) atoms. The number of aromatic amines is 1. The molecule has 1 aromatic carbocycles.